The molecular formula is C35H25N3. The van der Waals surface area contributed by atoms with E-state index in [0.717, 1.165) is 33.6 Å². The van der Waals surface area contributed by atoms with E-state index in [-0.39, 0.29) is 5.41 Å². The first-order valence-electron chi connectivity index (χ1n) is 13.1. The lowest BCUT2D eigenvalue weighted by molar-refractivity contribution is 0.663. The number of hydrogen-bond acceptors (Lipinski definition) is 2. The van der Waals surface area contributed by atoms with Crippen molar-refractivity contribution in [1.82, 2.24) is 14.5 Å². The summed E-state index contributed by atoms with van der Waals surface area (Å²) in [5, 5.41) is 2.47. The number of para-hydroxylation sites is 3. The summed E-state index contributed by atoms with van der Waals surface area (Å²) in [6.45, 7) is 4.70. The molecule has 1 aliphatic rings. The summed E-state index contributed by atoms with van der Waals surface area (Å²) in [5.74, 6) is 0.862. The van der Waals surface area contributed by atoms with Crippen LogP contribution in [0.5, 0.6) is 0 Å². The molecule has 3 heteroatoms. The van der Waals surface area contributed by atoms with E-state index in [2.05, 4.69) is 109 Å². The molecule has 5 aromatic carbocycles. The standard InChI is InChI=1S/C35H25N3/c1-35(2)27-16-8-6-14-23(27)25-20-21-26-24-15-7-11-19-30(24)38(33(26)31(25)35)34-32(22-12-4-3-5-13-22)36-28-17-9-10-18-29(28)37-34/h3-21H,1-2H3. The van der Waals surface area contributed by atoms with Gasteiger partial charge >= 0.3 is 0 Å². The first-order chi connectivity index (χ1) is 18.6. The molecule has 0 radical (unpaired) electrons. The molecule has 0 bridgehead atoms. The monoisotopic (exact) mass is 487 g/mol. The first kappa shape index (κ1) is 21.3. The van der Waals surface area contributed by atoms with E-state index in [1.165, 1.54) is 38.5 Å². The highest BCUT2D eigenvalue weighted by molar-refractivity contribution is 6.13. The van der Waals surface area contributed by atoms with Gasteiger partial charge in [-0.2, -0.15) is 0 Å². The summed E-state index contributed by atoms with van der Waals surface area (Å²) in [6.07, 6.45) is 0. The second-order valence-corrected chi connectivity index (χ2v) is 10.7. The smallest absolute Gasteiger partial charge is 0.165 e. The van der Waals surface area contributed by atoms with E-state index in [4.69, 9.17) is 9.97 Å². The molecule has 180 valence electrons. The van der Waals surface area contributed by atoms with E-state index in [1.54, 1.807) is 0 Å². The summed E-state index contributed by atoms with van der Waals surface area (Å²) in [4.78, 5) is 10.5. The molecule has 0 spiro atoms. The summed E-state index contributed by atoms with van der Waals surface area (Å²) >= 11 is 0. The van der Waals surface area contributed by atoms with Crippen LogP contribution in [-0.4, -0.2) is 14.5 Å². The average Bonchev–Trinajstić information content (AvgIpc) is 3.42. The third-order valence-corrected chi connectivity index (χ3v) is 8.16. The zero-order valence-electron chi connectivity index (χ0n) is 21.3. The molecule has 0 N–H and O–H groups in total. The molecule has 0 fully saturated rings. The van der Waals surface area contributed by atoms with Gasteiger partial charge in [-0.1, -0.05) is 111 Å². The third kappa shape index (κ3) is 2.79. The van der Waals surface area contributed by atoms with Gasteiger partial charge in [0.1, 0.15) is 5.69 Å². The molecule has 8 rings (SSSR count). The van der Waals surface area contributed by atoms with Crippen molar-refractivity contribution in [2.45, 2.75) is 19.3 Å². The lowest BCUT2D eigenvalue weighted by Crippen LogP contribution is -2.17. The van der Waals surface area contributed by atoms with Gasteiger partial charge in [0.15, 0.2) is 5.82 Å². The van der Waals surface area contributed by atoms with Crippen molar-refractivity contribution >= 4 is 32.8 Å². The van der Waals surface area contributed by atoms with Crippen LogP contribution in [0.4, 0.5) is 0 Å². The number of benzene rings is 5. The Bertz CT molecular complexity index is 2050. The quantitative estimate of drug-likeness (QED) is 0.244. The van der Waals surface area contributed by atoms with Crippen molar-refractivity contribution < 1.29 is 0 Å². The van der Waals surface area contributed by atoms with Crippen LogP contribution in [0.15, 0.2) is 115 Å². The topological polar surface area (TPSA) is 30.7 Å². The Morgan fingerprint density at radius 3 is 2.11 bits per heavy atom. The minimum atomic E-state index is -0.158. The predicted molar refractivity (Wildman–Crippen MR) is 157 cm³/mol. The first-order valence-corrected chi connectivity index (χ1v) is 13.1. The fraction of sp³-hybridized carbons (Fsp3) is 0.0857. The Morgan fingerprint density at radius 2 is 1.26 bits per heavy atom. The Kier molecular flexibility index (Phi) is 4.28. The maximum absolute atomic E-state index is 5.32. The van der Waals surface area contributed by atoms with E-state index < -0.39 is 0 Å². The van der Waals surface area contributed by atoms with Crippen molar-refractivity contribution in [3.8, 4) is 28.2 Å². The molecule has 38 heavy (non-hydrogen) atoms. The minimum absolute atomic E-state index is 0.158. The van der Waals surface area contributed by atoms with Gasteiger partial charge in [0.05, 0.1) is 22.1 Å². The van der Waals surface area contributed by atoms with E-state index in [0.29, 0.717) is 0 Å². The van der Waals surface area contributed by atoms with Crippen LogP contribution >= 0.6 is 0 Å². The number of rotatable bonds is 2. The Labute approximate surface area is 221 Å². The Hall–Kier alpha value is -4.76. The second kappa shape index (κ2) is 7.62. The number of hydrogen-bond donors (Lipinski definition) is 0. The highest BCUT2D eigenvalue weighted by Gasteiger charge is 2.38. The van der Waals surface area contributed by atoms with Crippen molar-refractivity contribution in [3.63, 3.8) is 0 Å². The summed E-state index contributed by atoms with van der Waals surface area (Å²) < 4.78 is 2.37. The van der Waals surface area contributed by atoms with Crippen molar-refractivity contribution in [1.29, 1.82) is 0 Å². The van der Waals surface area contributed by atoms with Crippen LogP contribution in [0.1, 0.15) is 25.0 Å². The summed E-state index contributed by atoms with van der Waals surface area (Å²) in [5.41, 5.74) is 11.3. The minimum Gasteiger partial charge on any atom is -0.292 e. The maximum atomic E-state index is 5.32. The molecule has 1 aliphatic carbocycles. The second-order valence-electron chi connectivity index (χ2n) is 10.7. The molecule has 2 aromatic heterocycles. The van der Waals surface area contributed by atoms with Crippen LogP contribution in [0.2, 0.25) is 0 Å². The SMILES string of the molecule is CC1(C)c2ccccc2-c2ccc3c4ccccc4n(-c4nc5ccccc5nc4-c4ccccc4)c3c21. The highest BCUT2D eigenvalue weighted by Crippen LogP contribution is 2.53. The fourth-order valence-electron chi connectivity index (χ4n) is 6.47. The van der Waals surface area contributed by atoms with Gasteiger partial charge in [-0.3, -0.25) is 4.57 Å². The lowest BCUT2D eigenvalue weighted by atomic mass is 9.81. The summed E-state index contributed by atoms with van der Waals surface area (Å²) in [6, 6.07) is 40.7. The summed E-state index contributed by atoms with van der Waals surface area (Å²) in [7, 11) is 0. The molecule has 0 amide bonds. The van der Waals surface area contributed by atoms with Crippen molar-refractivity contribution in [2.75, 3.05) is 0 Å². The molecule has 0 saturated heterocycles. The van der Waals surface area contributed by atoms with Gasteiger partial charge in [0.25, 0.3) is 0 Å². The van der Waals surface area contributed by atoms with Gasteiger partial charge in [-0.25, -0.2) is 9.97 Å². The Morgan fingerprint density at radius 1 is 0.579 bits per heavy atom. The zero-order chi connectivity index (χ0) is 25.4. The van der Waals surface area contributed by atoms with Gasteiger partial charge < -0.3 is 0 Å². The van der Waals surface area contributed by atoms with Gasteiger partial charge in [0, 0.05) is 21.8 Å². The molecular weight excluding hydrogens is 462 g/mol. The van der Waals surface area contributed by atoms with Crippen molar-refractivity contribution in [2.24, 2.45) is 0 Å². The molecule has 0 aliphatic heterocycles. The number of aromatic nitrogens is 3. The highest BCUT2D eigenvalue weighted by atomic mass is 15.1. The van der Waals surface area contributed by atoms with Crippen LogP contribution < -0.4 is 0 Å². The normalized spacial score (nSPS) is 13.7. The molecule has 7 aromatic rings. The van der Waals surface area contributed by atoms with Gasteiger partial charge in [0.2, 0.25) is 0 Å². The number of fused-ring (bicyclic) bond motifs is 8. The van der Waals surface area contributed by atoms with Crippen molar-refractivity contribution in [3.05, 3.63) is 126 Å². The number of nitrogens with zero attached hydrogens (tertiary/aromatic N) is 3. The van der Waals surface area contributed by atoms with Crippen LogP contribution in [0, 0.1) is 0 Å². The molecule has 0 saturated carbocycles. The molecule has 3 nitrogen and oxygen atoms in total. The molecule has 2 heterocycles. The molecule has 0 unspecified atom stereocenters. The van der Waals surface area contributed by atoms with E-state index in [1.807, 2.05) is 24.3 Å². The largest absolute Gasteiger partial charge is 0.292 e. The van der Waals surface area contributed by atoms with Crippen LogP contribution in [-0.2, 0) is 5.41 Å². The average molecular weight is 488 g/mol. The van der Waals surface area contributed by atoms with Gasteiger partial charge in [-0.05, 0) is 40.5 Å². The van der Waals surface area contributed by atoms with Crippen LogP contribution in [0.25, 0.3) is 61.0 Å². The molecule has 0 atom stereocenters. The zero-order valence-corrected chi connectivity index (χ0v) is 21.3. The van der Waals surface area contributed by atoms with Gasteiger partial charge in [-0.15, -0.1) is 0 Å². The van der Waals surface area contributed by atoms with E-state index >= 15 is 0 Å². The lowest BCUT2D eigenvalue weighted by Gasteiger charge is -2.24. The fourth-order valence-corrected chi connectivity index (χ4v) is 6.47. The Balaban J connectivity index is 1.59. The van der Waals surface area contributed by atoms with Crippen LogP contribution in [0.3, 0.4) is 0 Å². The van der Waals surface area contributed by atoms with E-state index in [9.17, 15) is 0 Å². The maximum Gasteiger partial charge on any atom is 0.165 e. The third-order valence-electron chi connectivity index (χ3n) is 8.16. The predicted octanol–water partition coefficient (Wildman–Crippen LogP) is 8.70.